The van der Waals surface area contributed by atoms with Crippen LogP contribution in [0.15, 0.2) is 21.5 Å². The summed E-state index contributed by atoms with van der Waals surface area (Å²) in [6.07, 6.45) is 0.827. The molecule has 0 atom stereocenters. The van der Waals surface area contributed by atoms with Gasteiger partial charge in [-0.2, -0.15) is 0 Å². The van der Waals surface area contributed by atoms with Gasteiger partial charge in [0.25, 0.3) is 0 Å². The zero-order valence-corrected chi connectivity index (χ0v) is 18.0. The number of nitrogens with one attached hydrogen (secondary N) is 2. The summed E-state index contributed by atoms with van der Waals surface area (Å²) in [5.74, 6) is 0. The Hall–Kier alpha value is 0.110. The van der Waals surface area contributed by atoms with Crippen molar-refractivity contribution in [3.05, 3.63) is 27.7 Å². The van der Waals surface area contributed by atoms with Crippen LogP contribution in [-0.2, 0) is 10.0 Å². The molecule has 0 radical (unpaired) electrons. The van der Waals surface area contributed by atoms with E-state index in [4.69, 9.17) is 0 Å². The predicted molar refractivity (Wildman–Crippen MR) is 107 cm³/mol. The maximum atomic E-state index is 12.4. The fourth-order valence-electron chi connectivity index (χ4n) is 2.57. The van der Waals surface area contributed by atoms with Crippen molar-refractivity contribution in [1.29, 1.82) is 0 Å². The van der Waals surface area contributed by atoms with Gasteiger partial charge >= 0.3 is 0 Å². The summed E-state index contributed by atoms with van der Waals surface area (Å²) in [7, 11) is -3.43. The molecule has 24 heavy (non-hydrogen) atoms. The highest BCUT2D eigenvalue weighted by Gasteiger charge is 2.18. The molecule has 0 saturated carbocycles. The van der Waals surface area contributed by atoms with E-state index in [2.05, 4.69) is 30.9 Å². The first-order valence-electron chi connectivity index (χ1n) is 7.59. The Kier molecular flexibility index (Phi) is 11.0. The van der Waals surface area contributed by atoms with Crippen molar-refractivity contribution in [2.75, 3.05) is 39.3 Å². The molecular formula is C15H26BrCl2N3O2S. The molecule has 1 aromatic carbocycles. The van der Waals surface area contributed by atoms with Gasteiger partial charge in [0.15, 0.2) is 0 Å². The van der Waals surface area contributed by atoms with E-state index >= 15 is 0 Å². The number of nitrogens with zero attached hydrogens (tertiary/aromatic N) is 1. The fraction of sp³-hybridized carbons (Fsp3) is 0.600. The van der Waals surface area contributed by atoms with Crippen molar-refractivity contribution < 1.29 is 8.42 Å². The van der Waals surface area contributed by atoms with Gasteiger partial charge in [0.05, 0.1) is 4.90 Å². The number of piperazine rings is 1. The summed E-state index contributed by atoms with van der Waals surface area (Å²) in [6, 6.07) is 3.57. The lowest BCUT2D eigenvalue weighted by atomic mass is 10.2. The van der Waals surface area contributed by atoms with Crippen LogP contribution >= 0.6 is 40.7 Å². The third-order valence-electron chi connectivity index (χ3n) is 3.90. The van der Waals surface area contributed by atoms with E-state index in [1.54, 1.807) is 6.07 Å². The third kappa shape index (κ3) is 6.78. The minimum Gasteiger partial charge on any atom is -0.314 e. The molecule has 0 unspecified atom stereocenters. The number of hydrogen-bond acceptors (Lipinski definition) is 4. The Morgan fingerprint density at radius 1 is 1.17 bits per heavy atom. The Bertz CT molecular complexity index is 623. The standard InChI is InChI=1S/C15H24BrN3O2S.2ClH/c1-12-11-15(13(2)10-14(12)16)22(20,21)18-4-3-7-19-8-5-17-6-9-19;;/h10-11,17-18H,3-9H2,1-2H3;2*1H. The van der Waals surface area contributed by atoms with Crippen LogP contribution in [0.4, 0.5) is 0 Å². The van der Waals surface area contributed by atoms with Gasteiger partial charge in [-0.3, -0.25) is 0 Å². The molecule has 140 valence electrons. The third-order valence-corrected chi connectivity index (χ3v) is 6.36. The maximum Gasteiger partial charge on any atom is 0.240 e. The molecule has 9 heteroatoms. The van der Waals surface area contributed by atoms with Crippen LogP contribution in [0.25, 0.3) is 0 Å². The highest BCUT2D eigenvalue weighted by atomic mass is 79.9. The van der Waals surface area contributed by atoms with Crippen LogP contribution in [0.5, 0.6) is 0 Å². The van der Waals surface area contributed by atoms with Crippen LogP contribution in [0, 0.1) is 13.8 Å². The van der Waals surface area contributed by atoms with Crippen molar-refractivity contribution in [2.24, 2.45) is 0 Å². The molecule has 2 N–H and O–H groups in total. The van der Waals surface area contributed by atoms with Gasteiger partial charge < -0.3 is 10.2 Å². The van der Waals surface area contributed by atoms with E-state index < -0.39 is 10.0 Å². The largest absolute Gasteiger partial charge is 0.314 e. The molecule has 0 spiro atoms. The molecule has 2 rings (SSSR count). The van der Waals surface area contributed by atoms with Crippen LogP contribution in [0.3, 0.4) is 0 Å². The molecule has 0 aliphatic carbocycles. The van der Waals surface area contributed by atoms with Crippen LogP contribution in [0.2, 0.25) is 0 Å². The van der Waals surface area contributed by atoms with E-state index in [0.29, 0.717) is 11.4 Å². The molecule has 1 aromatic rings. The summed E-state index contributed by atoms with van der Waals surface area (Å²) in [5, 5.41) is 3.31. The smallest absolute Gasteiger partial charge is 0.240 e. The van der Waals surface area contributed by atoms with E-state index in [0.717, 1.165) is 54.7 Å². The molecule has 0 amide bonds. The zero-order valence-electron chi connectivity index (χ0n) is 14.0. The Morgan fingerprint density at radius 3 is 2.42 bits per heavy atom. The van der Waals surface area contributed by atoms with Gasteiger partial charge in [-0.15, -0.1) is 24.8 Å². The molecule has 0 bridgehead atoms. The topological polar surface area (TPSA) is 61.4 Å². The van der Waals surface area contributed by atoms with Crippen molar-refractivity contribution in [3.63, 3.8) is 0 Å². The normalized spacial score (nSPS) is 15.5. The molecular weight excluding hydrogens is 437 g/mol. The molecule has 1 aliphatic rings. The Morgan fingerprint density at radius 2 is 1.79 bits per heavy atom. The lowest BCUT2D eigenvalue weighted by molar-refractivity contribution is 0.239. The first-order valence-corrected chi connectivity index (χ1v) is 9.87. The Balaban J connectivity index is 0.00000264. The number of aryl methyl sites for hydroxylation is 2. The van der Waals surface area contributed by atoms with E-state index in [1.165, 1.54) is 0 Å². The summed E-state index contributed by atoms with van der Waals surface area (Å²) >= 11 is 3.43. The maximum absolute atomic E-state index is 12.4. The molecule has 5 nitrogen and oxygen atoms in total. The van der Waals surface area contributed by atoms with Crippen molar-refractivity contribution in [3.8, 4) is 0 Å². The van der Waals surface area contributed by atoms with E-state index in [1.807, 2.05) is 19.9 Å². The first-order chi connectivity index (χ1) is 10.4. The second kappa shape index (κ2) is 11.0. The summed E-state index contributed by atoms with van der Waals surface area (Å²) in [5.41, 5.74) is 1.68. The van der Waals surface area contributed by atoms with E-state index in [-0.39, 0.29) is 24.8 Å². The number of rotatable bonds is 6. The van der Waals surface area contributed by atoms with Gasteiger partial charge in [0, 0.05) is 37.2 Å². The lowest BCUT2D eigenvalue weighted by Crippen LogP contribution is -2.44. The number of sulfonamides is 1. The van der Waals surface area contributed by atoms with Crippen LogP contribution in [0.1, 0.15) is 17.5 Å². The molecule has 0 aromatic heterocycles. The molecule has 1 heterocycles. The molecule has 1 saturated heterocycles. The zero-order chi connectivity index (χ0) is 16.2. The lowest BCUT2D eigenvalue weighted by Gasteiger charge is -2.27. The number of benzene rings is 1. The highest BCUT2D eigenvalue weighted by molar-refractivity contribution is 9.10. The first kappa shape index (κ1) is 24.1. The van der Waals surface area contributed by atoms with Gasteiger partial charge in [0.1, 0.15) is 0 Å². The average Bonchev–Trinajstić information content (AvgIpc) is 2.48. The minimum absolute atomic E-state index is 0. The van der Waals surface area contributed by atoms with Crippen LogP contribution in [-0.4, -0.2) is 52.6 Å². The minimum atomic E-state index is -3.43. The van der Waals surface area contributed by atoms with E-state index in [9.17, 15) is 8.42 Å². The van der Waals surface area contributed by atoms with Gasteiger partial charge in [-0.25, -0.2) is 13.1 Å². The predicted octanol–water partition coefficient (Wildman–Crippen LogP) is 2.48. The van der Waals surface area contributed by atoms with Gasteiger partial charge in [0.2, 0.25) is 10.0 Å². The average molecular weight is 463 g/mol. The summed E-state index contributed by atoms with van der Waals surface area (Å²) < 4.78 is 28.5. The molecule has 1 aliphatic heterocycles. The second-order valence-electron chi connectivity index (χ2n) is 5.71. The Labute approximate surface area is 166 Å². The molecule has 1 fully saturated rings. The van der Waals surface area contributed by atoms with Crippen molar-refractivity contribution in [2.45, 2.75) is 25.2 Å². The second-order valence-corrected chi connectivity index (χ2v) is 8.30. The summed E-state index contributed by atoms with van der Waals surface area (Å²) in [6.45, 7) is 9.23. The fourth-order valence-corrected chi connectivity index (χ4v) is 4.41. The van der Waals surface area contributed by atoms with Crippen LogP contribution < -0.4 is 10.0 Å². The van der Waals surface area contributed by atoms with Crippen molar-refractivity contribution in [1.82, 2.24) is 14.9 Å². The summed E-state index contributed by atoms with van der Waals surface area (Å²) in [4.78, 5) is 2.73. The number of halogens is 3. The monoisotopic (exact) mass is 461 g/mol. The van der Waals surface area contributed by atoms with Gasteiger partial charge in [-0.1, -0.05) is 15.9 Å². The number of hydrogen-bond donors (Lipinski definition) is 2. The quantitative estimate of drug-likeness (QED) is 0.637. The highest BCUT2D eigenvalue weighted by Crippen LogP contribution is 2.24. The van der Waals surface area contributed by atoms with Gasteiger partial charge in [-0.05, 0) is 50.1 Å². The SMILES string of the molecule is Cc1cc(S(=O)(=O)NCCCN2CCNCC2)c(C)cc1Br.Cl.Cl. The van der Waals surface area contributed by atoms with Crippen molar-refractivity contribution >= 4 is 50.8 Å².